The Morgan fingerprint density at radius 1 is 1.42 bits per heavy atom. The van der Waals surface area contributed by atoms with Crippen molar-refractivity contribution in [2.45, 2.75) is 65.3 Å². The Balaban J connectivity index is 1.67. The molecule has 2 aromatic rings. The Hall–Kier alpha value is -2.18. The summed E-state index contributed by atoms with van der Waals surface area (Å²) in [5.74, 6) is 2.84. The van der Waals surface area contributed by atoms with Crippen molar-refractivity contribution in [3.8, 4) is 0 Å². The number of carbonyl (C=O) groups is 1. The van der Waals surface area contributed by atoms with E-state index >= 15 is 0 Å². The molecule has 3 rings (SSSR count). The summed E-state index contributed by atoms with van der Waals surface area (Å²) in [5, 5.41) is 11.2. The number of aryl methyl sites for hydroxylation is 2. The zero-order valence-corrected chi connectivity index (χ0v) is 14.8. The fourth-order valence-corrected chi connectivity index (χ4v) is 3.28. The second-order valence-electron chi connectivity index (χ2n) is 6.78. The summed E-state index contributed by atoms with van der Waals surface area (Å²) in [6.07, 6.45) is 3.06. The molecule has 2 aromatic heterocycles. The third kappa shape index (κ3) is 3.20. The number of nitrogens with one attached hydrogen (secondary N) is 1. The standard InChI is InChI=1S/C17H25N5O2/c1-10(2)16-18-17(20-19-16)14-6-5-9-22(14)15(23)8-7-13-11(3)21-24-12(13)4/h10,14H,5-9H2,1-4H3,(H,18,19,20)/t14-/m0/s1. The quantitative estimate of drug-likeness (QED) is 0.910. The summed E-state index contributed by atoms with van der Waals surface area (Å²) >= 11 is 0. The molecule has 1 atom stereocenters. The van der Waals surface area contributed by atoms with Gasteiger partial charge in [0.05, 0.1) is 11.7 Å². The van der Waals surface area contributed by atoms with Crippen LogP contribution in [0.4, 0.5) is 0 Å². The van der Waals surface area contributed by atoms with E-state index < -0.39 is 0 Å². The van der Waals surface area contributed by atoms with E-state index in [4.69, 9.17) is 4.52 Å². The molecule has 3 heterocycles. The summed E-state index contributed by atoms with van der Waals surface area (Å²) in [6, 6.07) is 0.0159. The van der Waals surface area contributed by atoms with E-state index in [1.165, 1.54) is 0 Å². The van der Waals surface area contributed by atoms with Gasteiger partial charge in [-0.1, -0.05) is 19.0 Å². The molecule has 0 bridgehead atoms. The number of hydrogen-bond donors (Lipinski definition) is 1. The van der Waals surface area contributed by atoms with Crippen molar-refractivity contribution < 1.29 is 9.32 Å². The van der Waals surface area contributed by atoms with Crippen LogP contribution in [-0.2, 0) is 11.2 Å². The first-order chi connectivity index (χ1) is 11.5. The topological polar surface area (TPSA) is 87.9 Å². The predicted octanol–water partition coefficient (Wildman–Crippen LogP) is 2.83. The lowest BCUT2D eigenvalue weighted by Gasteiger charge is -2.23. The van der Waals surface area contributed by atoms with Crippen LogP contribution in [0.25, 0.3) is 0 Å². The van der Waals surface area contributed by atoms with Crippen molar-refractivity contribution in [2.24, 2.45) is 0 Å². The number of aromatic amines is 1. The highest BCUT2D eigenvalue weighted by molar-refractivity contribution is 5.77. The van der Waals surface area contributed by atoms with Crippen molar-refractivity contribution in [1.82, 2.24) is 25.2 Å². The van der Waals surface area contributed by atoms with Gasteiger partial charge in [-0.25, -0.2) is 4.98 Å². The molecular weight excluding hydrogens is 306 g/mol. The van der Waals surface area contributed by atoms with Crippen molar-refractivity contribution in [3.63, 3.8) is 0 Å². The molecule has 0 saturated carbocycles. The average molecular weight is 331 g/mol. The summed E-state index contributed by atoms with van der Waals surface area (Å²) in [5.41, 5.74) is 1.91. The van der Waals surface area contributed by atoms with Crippen molar-refractivity contribution >= 4 is 5.91 Å². The van der Waals surface area contributed by atoms with E-state index in [9.17, 15) is 4.79 Å². The number of amides is 1. The Morgan fingerprint density at radius 3 is 2.83 bits per heavy atom. The molecule has 0 unspecified atom stereocenters. The zero-order chi connectivity index (χ0) is 17.3. The molecular formula is C17H25N5O2. The van der Waals surface area contributed by atoms with Crippen molar-refractivity contribution in [3.05, 3.63) is 28.7 Å². The van der Waals surface area contributed by atoms with Crippen molar-refractivity contribution in [2.75, 3.05) is 6.54 Å². The lowest BCUT2D eigenvalue weighted by molar-refractivity contribution is -0.132. The van der Waals surface area contributed by atoms with Gasteiger partial charge in [-0.2, -0.15) is 5.10 Å². The molecule has 130 valence electrons. The fourth-order valence-electron chi connectivity index (χ4n) is 3.28. The SMILES string of the molecule is Cc1noc(C)c1CCC(=O)N1CCC[C@H]1c1nc(C(C)C)n[nH]1. The minimum absolute atomic E-state index is 0.0159. The first-order valence-electron chi connectivity index (χ1n) is 8.60. The normalized spacial score (nSPS) is 17.9. The Labute approximate surface area is 141 Å². The summed E-state index contributed by atoms with van der Waals surface area (Å²) in [7, 11) is 0. The monoisotopic (exact) mass is 331 g/mol. The van der Waals surface area contributed by atoms with E-state index in [0.717, 1.165) is 48.1 Å². The zero-order valence-electron chi connectivity index (χ0n) is 14.8. The third-order valence-corrected chi connectivity index (χ3v) is 4.70. The number of carbonyl (C=O) groups excluding carboxylic acids is 1. The van der Waals surface area contributed by atoms with E-state index in [1.807, 2.05) is 18.7 Å². The maximum atomic E-state index is 12.7. The summed E-state index contributed by atoms with van der Waals surface area (Å²) < 4.78 is 5.17. The largest absolute Gasteiger partial charge is 0.361 e. The molecule has 24 heavy (non-hydrogen) atoms. The van der Waals surface area contributed by atoms with Gasteiger partial charge in [0.1, 0.15) is 11.6 Å². The molecule has 7 nitrogen and oxygen atoms in total. The minimum atomic E-state index is 0.0159. The highest BCUT2D eigenvalue weighted by Gasteiger charge is 2.32. The number of likely N-dealkylation sites (tertiary alicyclic amines) is 1. The van der Waals surface area contributed by atoms with Gasteiger partial charge in [-0.05, 0) is 33.1 Å². The fraction of sp³-hybridized carbons (Fsp3) is 0.647. The van der Waals surface area contributed by atoms with E-state index in [-0.39, 0.29) is 17.9 Å². The summed E-state index contributed by atoms with van der Waals surface area (Å²) in [6.45, 7) is 8.71. The summed E-state index contributed by atoms with van der Waals surface area (Å²) in [4.78, 5) is 19.2. The van der Waals surface area contributed by atoms with Gasteiger partial charge in [0.2, 0.25) is 5.91 Å². The molecule has 1 N–H and O–H groups in total. The number of nitrogens with zero attached hydrogens (tertiary/aromatic N) is 4. The minimum Gasteiger partial charge on any atom is -0.361 e. The lowest BCUT2D eigenvalue weighted by Crippen LogP contribution is -2.31. The van der Waals surface area contributed by atoms with Crippen molar-refractivity contribution in [1.29, 1.82) is 0 Å². The maximum absolute atomic E-state index is 12.7. The van der Waals surface area contributed by atoms with Crippen LogP contribution < -0.4 is 0 Å². The predicted molar refractivity (Wildman–Crippen MR) is 88.5 cm³/mol. The van der Waals surface area contributed by atoms with E-state index in [1.54, 1.807) is 0 Å². The van der Waals surface area contributed by atoms with Gasteiger partial charge >= 0.3 is 0 Å². The van der Waals surface area contributed by atoms with Crippen LogP contribution in [0.3, 0.4) is 0 Å². The molecule has 0 aliphatic carbocycles. The molecule has 0 spiro atoms. The van der Waals surface area contributed by atoms with Gasteiger partial charge in [0.15, 0.2) is 5.82 Å². The van der Waals surface area contributed by atoms with Gasteiger partial charge in [0, 0.05) is 24.4 Å². The van der Waals surface area contributed by atoms with Gasteiger partial charge in [0.25, 0.3) is 0 Å². The van der Waals surface area contributed by atoms with Crippen LogP contribution >= 0.6 is 0 Å². The van der Waals surface area contributed by atoms with Crippen LogP contribution in [0.1, 0.15) is 73.7 Å². The highest BCUT2D eigenvalue weighted by atomic mass is 16.5. The second kappa shape index (κ2) is 6.75. The Bertz CT molecular complexity index is 699. The van der Waals surface area contributed by atoms with Gasteiger partial charge in [-0.3, -0.25) is 9.89 Å². The van der Waals surface area contributed by atoms with Gasteiger partial charge in [-0.15, -0.1) is 0 Å². The van der Waals surface area contributed by atoms with Gasteiger partial charge < -0.3 is 9.42 Å². The Morgan fingerprint density at radius 2 is 2.21 bits per heavy atom. The van der Waals surface area contributed by atoms with Crippen LogP contribution in [0, 0.1) is 13.8 Å². The highest BCUT2D eigenvalue weighted by Crippen LogP contribution is 2.31. The first-order valence-corrected chi connectivity index (χ1v) is 8.60. The molecule has 1 aliphatic heterocycles. The maximum Gasteiger partial charge on any atom is 0.223 e. The Kier molecular flexibility index (Phi) is 4.69. The molecule has 1 amide bonds. The third-order valence-electron chi connectivity index (χ3n) is 4.70. The van der Waals surface area contributed by atoms with Crippen LogP contribution in [0.2, 0.25) is 0 Å². The number of hydrogen-bond acceptors (Lipinski definition) is 5. The molecule has 0 radical (unpaired) electrons. The number of rotatable bonds is 5. The molecule has 1 aliphatic rings. The molecule has 7 heteroatoms. The van der Waals surface area contributed by atoms with Crippen LogP contribution in [0.15, 0.2) is 4.52 Å². The van der Waals surface area contributed by atoms with E-state index in [0.29, 0.717) is 12.8 Å². The molecule has 1 saturated heterocycles. The molecule has 0 aromatic carbocycles. The smallest absolute Gasteiger partial charge is 0.223 e. The average Bonchev–Trinajstić information content (AvgIpc) is 3.25. The lowest BCUT2D eigenvalue weighted by atomic mass is 10.1. The van der Waals surface area contributed by atoms with E-state index in [2.05, 4.69) is 34.2 Å². The second-order valence-corrected chi connectivity index (χ2v) is 6.78. The van der Waals surface area contributed by atoms with Crippen LogP contribution in [0.5, 0.6) is 0 Å². The number of aromatic nitrogens is 4. The number of H-pyrrole nitrogens is 1. The van der Waals surface area contributed by atoms with Crippen LogP contribution in [-0.4, -0.2) is 37.7 Å². The first kappa shape index (κ1) is 16.7. The molecule has 1 fully saturated rings.